The second-order valence-corrected chi connectivity index (χ2v) is 5.22. The number of rotatable bonds is 4. The van der Waals surface area contributed by atoms with Crippen LogP contribution in [0.25, 0.3) is 0 Å². The molecule has 6 nitrogen and oxygen atoms in total. The Morgan fingerprint density at radius 1 is 1.43 bits per heavy atom. The number of carbonyl (C=O) groups excluding carboxylic acids is 1. The molecule has 1 aliphatic heterocycles. The highest BCUT2D eigenvalue weighted by molar-refractivity contribution is 5.93. The summed E-state index contributed by atoms with van der Waals surface area (Å²) >= 11 is 0. The van der Waals surface area contributed by atoms with Gasteiger partial charge in [-0.05, 0) is 44.1 Å². The van der Waals surface area contributed by atoms with Crippen LogP contribution < -0.4 is 10.6 Å². The maximum absolute atomic E-state index is 12.0. The van der Waals surface area contributed by atoms with E-state index in [0.29, 0.717) is 5.69 Å². The molecular weight excluding hydrogens is 270 g/mol. The van der Waals surface area contributed by atoms with E-state index in [-0.39, 0.29) is 17.6 Å². The lowest BCUT2D eigenvalue weighted by Gasteiger charge is -2.32. The molecule has 0 bridgehead atoms. The van der Waals surface area contributed by atoms with Crippen molar-refractivity contribution in [3.8, 4) is 0 Å². The first kappa shape index (κ1) is 15.3. The molecule has 6 heteroatoms. The molecule has 0 saturated carbocycles. The van der Waals surface area contributed by atoms with Crippen LogP contribution in [-0.4, -0.2) is 47.7 Å². The fourth-order valence-electron chi connectivity index (χ4n) is 2.54. The van der Waals surface area contributed by atoms with Crippen LogP contribution in [0.15, 0.2) is 24.3 Å². The van der Waals surface area contributed by atoms with Gasteiger partial charge in [0.1, 0.15) is 0 Å². The molecule has 1 atom stereocenters. The molecule has 1 aliphatic rings. The number of benzene rings is 1. The molecule has 114 valence electrons. The van der Waals surface area contributed by atoms with Crippen LogP contribution in [0.4, 0.5) is 10.5 Å². The average Bonchev–Trinajstić information content (AvgIpc) is 2.47. The number of amides is 2. The Labute approximate surface area is 124 Å². The van der Waals surface area contributed by atoms with Crippen molar-refractivity contribution < 1.29 is 14.7 Å². The van der Waals surface area contributed by atoms with Gasteiger partial charge in [-0.2, -0.15) is 0 Å². The van der Waals surface area contributed by atoms with Crippen molar-refractivity contribution >= 4 is 17.7 Å². The molecule has 2 amide bonds. The molecule has 1 heterocycles. The first-order valence-corrected chi connectivity index (χ1v) is 7.21. The van der Waals surface area contributed by atoms with E-state index in [2.05, 4.69) is 22.5 Å². The van der Waals surface area contributed by atoms with Gasteiger partial charge in [-0.1, -0.05) is 13.0 Å². The van der Waals surface area contributed by atoms with Gasteiger partial charge < -0.3 is 20.6 Å². The van der Waals surface area contributed by atoms with Crippen LogP contribution in [-0.2, 0) is 0 Å². The molecule has 21 heavy (non-hydrogen) atoms. The zero-order valence-electron chi connectivity index (χ0n) is 12.1. The van der Waals surface area contributed by atoms with Crippen molar-refractivity contribution in [2.75, 3.05) is 25.0 Å². The highest BCUT2D eigenvalue weighted by Crippen LogP contribution is 2.12. The zero-order valence-corrected chi connectivity index (χ0v) is 12.1. The van der Waals surface area contributed by atoms with Crippen molar-refractivity contribution in [3.05, 3.63) is 29.8 Å². The molecule has 1 aromatic carbocycles. The molecule has 1 fully saturated rings. The maximum atomic E-state index is 12.0. The number of carboxylic acid groups (broad SMARTS) is 1. The Kier molecular flexibility index (Phi) is 5.16. The number of nitrogens with zero attached hydrogens (tertiary/aromatic N) is 1. The molecular formula is C15H21N3O3. The standard InChI is InChI=1S/C15H21N3O3/c1-2-18-8-4-7-13(10-18)17-15(21)16-12-6-3-5-11(9-12)14(19)20/h3,5-6,9,13H,2,4,7-8,10H2,1H3,(H,19,20)(H2,16,17,21). The van der Waals surface area contributed by atoms with E-state index in [1.54, 1.807) is 12.1 Å². The van der Waals surface area contributed by atoms with Gasteiger partial charge in [-0.25, -0.2) is 9.59 Å². The quantitative estimate of drug-likeness (QED) is 0.792. The summed E-state index contributed by atoms with van der Waals surface area (Å²) in [6.07, 6.45) is 2.05. The summed E-state index contributed by atoms with van der Waals surface area (Å²) in [5.74, 6) is -1.01. The Hall–Kier alpha value is -2.08. The van der Waals surface area contributed by atoms with Crippen LogP contribution in [0, 0.1) is 0 Å². The Balaban J connectivity index is 1.89. The van der Waals surface area contributed by atoms with Gasteiger partial charge in [0.25, 0.3) is 0 Å². The molecule has 0 aromatic heterocycles. The van der Waals surface area contributed by atoms with Gasteiger partial charge in [0, 0.05) is 18.3 Å². The highest BCUT2D eigenvalue weighted by Gasteiger charge is 2.20. The summed E-state index contributed by atoms with van der Waals surface area (Å²) in [5, 5.41) is 14.6. The van der Waals surface area contributed by atoms with Gasteiger partial charge in [-0.15, -0.1) is 0 Å². The number of aromatic carboxylic acids is 1. The molecule has 3 N–H and O–H groups in total. The number of carbonyl (C=O) groups is 2. The van der Waals surface area contributed by atoms with Crippen molar-refractivity contribution in [1.29, 1.82) is 0 Å². The van der Waals surface area contributed by atoms with Crippen molar-refractivity contribution in [3.63, 3.8) is 0 Å². The minimum Gasteiger partial charge on any atom is -0.478 e. The number of likely N-dealkylation sites (tertiary alicyclic amines) is 1. The Morgan fingerprint density at radius 2 is 2.24 bits per heavy atom. The third kappa shape index (κ3) is 4.46. The number of nitrogens with one attached hydrogen (secondary N) is 2. The second kappa shape index (κ2) is 7.08. The van der Waals surface area contributed by atoms with Gasteiger partial charge in [0.15, 0.2) is 0 Å². The molecule has 0 spiro atoms. The number of carboxylic acids is 1. The molecule has 1 saturated heterocycles. The van der Waals surface area contributed by atoms with E-state index in [0.717, 1.165) is 32.5 Å². The van der Waals surface area contributed by atoms with Crippen LogP contribution in [0.3, 0.4) is 0 Å². The van der Waals surface area contributed by atoms with E-state index in [1.807, 2.05) is 0 Å². The topological polar surface area (TPSA) is 81.7 Å². The number of hydrogen-bond donors (Lipinski definition) is 3. The monoisotopic (exact) mass is 291 g/mol. The lowest BCUT2D eigenvalue weighted by molar-refractivity contribution is 0.0697. The number of likely N-dealkylation sites (N-methyl/N-ethyl adjacent to an activating group) is 1. The molecule has 2 rings (SSSR count). The van der Waals surface area contributed by atoms with E-state index in [9.17, 15) is 9.59 Å². The summed E-state index contributed by atoms with van der Waals surface area (Å²) in [7, 11) is 0. The third-order valence-corrected chi connectivity index (χ3v) is 3.66. The van der Waals surface area contributed by atoms with Gasteiger partial charge in [0.2, 0.25) is 0 Å². The largest absolute Gasteiger partial charge is 0.478 e. The smallest absolute Gasteiger partial charge is 0.335 e. The van der Waals surface area contributed by atoms with Crippen molar-refractivity contribution in [2.24, 2.45) is 0 Å². The first-order valence-electron chi connectivity index (χ1n) is 7.21. The minimum atomic E-state index is -1.01. The molecule has 0 aliphatic carbocycles. The first-order chi connectivity index (χ1) is 10.1. The van der Waals surface area contributed by atoms with E-state index in [4.69, 9.17) is 5.11 Å². The summed E-state index contributed by atoms with van der Waals surface area (Å²) in [6.45, 7) is 5.04. The van der Waals surface area contributed by atoms with Crippen LogP contribution in [0.5, 0.6) is 0 Å². The molecule has 0 radical (unpaired) electrons. The van der Waals surface area contributed by atoms with Gasteiger partial charge in [-0.3, -0.25) is 0 Å². The van der Waals surface area contributed by atoms with Gasteiger partial charge in [0.05, 0.1) is 5.56 Å². The van der Waals surface area contributed by atoms with Gasteiger partial charge >= 0.3 is 12.0 Å². The highest BCUT2D eigenvalue weighted by atomic mass is 16.4. The predicted molar refractivity (Wildman–Crippen MR) is 80.7 cm³/mol. The SMILES string of the molecule is CCN1CCCC(NC(=O)Nc2cccc(C(=O)O)c2)C1. The molecule has 1 unspecified atom stereocenters. The number of anilines is 1. The summed E-state index contributed by atoms with van der Waals surface area (Å²) in [4.78, 5) is 25.2. The number of urea groups is 1. The Morgan fingerprint density at radius 3 is 2.95 bits per heavy atom. The van der Waals surface area contributed by atoms with E-state index in [1.165, 1.54) is 12.1 Å². The fourth-order valence-corrected chi connectivity index (χ4v) is 2.54. The lowest BCUT2D eigenvalue weighted by Crippen LogP contribution is -2.48. The number of piperidine rings is 1. The van der Waals surface area contributed by atoms with E-state index < -0.39 is 5.97 Å². The lowest BCUT2D eigenvalue weighted by atomic mass is 10.1. The summed E-state index contributed by atoms with van der Waals surface area (Å²) in [5.41, 5.74) is 0.637. The summed E-state index contributed by atoms with van der Waals surface area (Å²) in [6, 6.07) is 6.07. The maximum Gasteiger partial charge on any atom is 0.335 e. The van der Waals surface area contributed by atoms with Crippen LogP contribution in [0.1, 0.15) is 30.1 Å². The number of hydrogen-bond acceptors (Lipinski definition) is 3. The van der Waals surface area contributed by atoms with Crippen molar-refractivity contribution in [2.45, 2.75) is 25.8 Å². The predicted octanol–water partition coefficient (Wildman–Crippen LogP) is 1.99. The minimum absolute atomic E-state index is 0.140. The Bertz CT molecular complexity index is 519. The van der Waals surface area contributed by atoms with Crippen LogP contribution >= 0.6 is 0 Å². The fraction of sp³-hybridized carbons (Fsp3) is 0.467. The molecule has 1 aromatic rings. The normalized spacial score (nSPS) is 19.0. The third-order valence-electron chi connectivity index (χ3n) is 3.66. The van der Waals surface area contributed by atoms with Crippen LogP contribution in [0.2, 0.25) is 0 Å². The zero-order chi connectivity index (χ0) is 15.2. The average molecular weight is 291 g/mol. The van der Waals surface area contributed by atoms with E-state index >= 15 is 0 Å². The van der Waals surface area contributed by atoms with Crippen molar-refractivity contribution in [1.82, 2.24) is 10.2 Å². The summed E-state index contributed by atoms with van der Waals surface area (Å²) < 4.78 is 0. The second-order valence-electron chi connectivity index (χ2n) is 5.22.